The van der Waals surface area contributed by atoms with Gasteiger partial charge >= 0.3 is 0 Å². The molecule has 5 heteroatoms. The number of nitrogens with zero attached hydrogens (tertiary/aromatic N) is 2. The molecule has 0 unspecified atom stereocenters. The number of halogens is 2. The summed E-state index contributed by atoms with van der Waals surface area (Å²) in [5.74, 6) is 1.64. The third-order valence-corrected chi connectivity index (χ3v) is 4.66. The number of nitrogens with one attached hydrogen (secondary N) is 1. The number of aromatic nitrogens is 2. The molecule has 1 N–H and O–H groups in total. The molecule has 0 saturated heterocycles. The molecule has 0 atom stereocenters. The van der Waals surface area contributed by atoms with Gasteiger partial charge in [0.1, 0.15) is 5.82 Å². The second kappa shape index (κ2) is 6.32. The van der Waals surface area contributed by atoms with E-state index >= 15 is 0 Å². The molecule has 110 valence electrons. The number of fused-ring (bicyclic) bond motifs is 1. The lowest BCUT2D eigenvalue weighted by atomic mass is 10.1. The molecule has 1 heterocycles. The third-order valence-electron chi connectivity index (χ3n) is 3.84. The van der Waals surface area contributed by atoms with Crippen LogP contribution >= 0.6 is 27.5 Å². The van der Waals surface area contributed by atoms with Crippen molar-refractivity contribution in [3.63, 3.8) is 0 Å². The predicted molar refractivity (Wildman–Crippen MR) is 91.0 cm³/mol. The molecule has 0 fully saturated rings. The van der Waals surface area contributed by atoms with Crippen LogP contribution in [0.2, 0.25) is 5.02 Å². The van der Waals surface area contributed by atoms with Crippen LogP contribution in [0.3, 0.4) is 0 Å². The Hall–Kier alpha value is -1.13. The summed E-state index contributed by atoms with van der Waals surface area (Å²) in [5.41, 5.74) is 3.30. The van der Waals surface area contributed by atoms with Gasteiger partial charge in [0.25, 0.3) is 0 Å². The van der Waals surface area contributed by atoms with E-state index in [4.69, 9.17) is 21.6 Å². The van der Waals surface area contributed by atoms with Crippen LogP contribution in [0.15, 0.2) is 22.7 Å². The van der Waals surface area contributed by atoms with E-state index in [9.17, 15) is 0 Å². The molecule has 0 radical (unpaired) electrons. The van der Waals surface area contributed by atoms with Crippen molar-refractivity contribution in [2.75, 3.05) is 12.4 Å². The molecule has 0 bridgehead atoms. The zero-order chi connectivity index (χ0) is 14.8. The van der Waals surface area contributed by atoms with Gasteiger partial charge in [-0.1, -0.05) is 34.0 Å². The van der Waals surface area contributed by atoms with Crippen molar-refractivity contribution in [2.24, 2.45) is 0 Å². The van der Waals surface area contributed by atoms with E-state index in [1.807, 2.05) is 25.2 Å². The van der Waals surface area contributed by atoms with Crippen molar-refractivity contribution in [3.8, 4) is 11.4 Å². The van der Waals surface area contributed by atoms with E-state index < -0.39 is 0 Å². The van der Waals surface area contributed by atoms with Crippen LogP contribution in [0.5, 0.6) is 0 Å². The van der Waals surface area contributed by atoms with Crippen molar-refractivity contribution in [2.45, 2.75) is 32.1 Å². The van der Waals surface area contributed by atoms with E-state index in [0.29, 0.717) is 10.8 Å². The van der Waals surface area contributed by atoms with E-state index in [1.165, 1.54) is 24.8 Å². The Morgan fingerprint density at radius 3 is 2.76 bits per heavy atom. The maximum Gasteiger partial charge on any atom is 0.163 e. The Morgan fingerprint density at radius 1 is 1.14 bits per heavy atom. The summed E-state index contributed by atoms with van der Waals surface area (Å²) < 4.78 is 0.978. The van der Waals surface area contributed by atoms with Gasteiger partial charge in [0, 0.05) is 28.3 Å². The Kier molecular flexibility index (Phi) is 4.45. The largest absolute Gasteiger partial charge is 0.373 e. The number of rotatable bonds is 2. The smallest absolute Gasteiger partial charge is 0.163 e. The predicted octanol–water partition coefficient (Wildman–Crippen LogP) is 4.87. The lowest BCUT2D eigenvalue weighted by Crippen LogP contribution is -2.07. The van der Waals surface area contributed by atoms with E-state index in [1.54, 1.807) is 0 Å². The summed E-state index contributed by atoms with van der Waals surface area (Å²) in [6, 6.07) is 5.77. The minimum absolute atomic E-state index is 0.675. The molecule has 2 aromatic rings. The molecular formula is C16H17BrClN3. The van der Waals surface area contributed by atoms with Crippen LogP contribution in [-0.2, 0) is 12.8 Å². The van der Waals surface area contributed by atoms with Crippen molar-refractivity contribution < 1.29 is 0 Å². The second-order valence-electron chi connectivity index (χ2n) is 5.26. The fraction of sp³-hybridized carbons (Fsp3) is 0.375. The number of hydrogen-bond donors (Lipinski definition) is 1. The zero-order valence-corrected chi connectivity index (χ0v) is 14.3. The first-order valence-corrected chi connectivity index (χ1v) is 8.39. The van der Waals surface area contributed by atoms with Gasteiger partial charge in [-0.3, -0.25) is 0 Å². The molecule has 3 rings (SSSR count). The Morgan fingerprint density at radius 2 is 1.95 bits per heavy atom. The summed E-state index contributed by atoms with van der Waals surface area (Å²) in [4.78, 5) is 9.49. The van der Waals surface area contributed by atoms with Gasteiger partial charge in [0.15, 0.2) is 5.82 Å². The molecule has 0 saturated carbocycles. The molecule has 0 aliphatic heterocycles. The van der Waals surface area contributed by atoms with Gasteiger partial charge in [0.2, 0.25) is 0 Å². The average Bonchev–Trinajstić information content (AvgIpc) is 2.74. The first-order valence-electron chi connectivity index (χ1n) is 7.22. The highest BCUT2D eigenvalue weighted by atomic mass is 79.9. The molecule has 21 heavy (non-hydrogen) atoms. The highest BCUT2D eigenvalue weighted by molar-refractivity contribution is 9.10. The molecular weight excluding hydrogens is 350 g/mol. The topological polar surface area (TPSA) is 37.8 Å². The van der Waals surface area contributed by atoms with Gasteiger partial charge < -0.3 is 5.32 Å². The molecule has 0 spiro atoms. The highest BCUT2D eigenvalue weighted by Gasteiger charge is 2.18. The number of benzene rings is 1. The van der Waals surface area contributed by atoms with Gasteiger partial charge in [-0.05, 0) is 43.9 Å². The zero-order valence-electron chi connectivity index (χ0n) is 11.9. The highest BCUT2D eigenvalue weighted by Crippen LogP contribution is 2.32. The van der Waals surface area contributed by atoms with E-state index in [-0.39, 0.29) is 0 Å². The van der Waals surface area contributed by atoms with Crippen molar-refractivity contribution in [1.82, 2.24) is 9.97 Å². The average molecular weight is 367 g/mol. The first-order chi connectivity index (χ1) is 10.2. The summed E-state index contributed by atoms with van der Waals surface area (Å²) in [7, 11) is 1.92. The number of hydrogen-bond acceptors (Lipinski definition) is 3. The van der Waals surface area contributed by atoms with Gasteiger partial charge in [-0.2, -0.15) is 0 Å². The van der Waals surface area contributed by atoms with Crippen molar-refractivity contribution in [3.05, 3.63) is 39.0 Å². The van der Waals surface area contributed by atoms with Gasteiger partial charge in [0.05, 0.1) is 5.02 Å². The summed E-state index contributed by atoms with van der Waals surface area (Å²) in [6.45, 7) is 0. The van der Waals surface area contributed by atoms with Crippen LogP contribution < -0.4 is 5.32 Å². The van der Waals surface area contributed by atoms with Crippen LogP contribution in [0.25, 0.3) is 11.4 Å². The third kappa shape index (κ3) is 3.06. The van der Waals surface area contributed by atoms with Crippen LogP contribution in [0, 0.1) is 0 Å². The second-order valence-corrected chi connectivity index (χ2v) is 6.58. The van der Waals surface area contributed by atoms with Crippen LogP contribution in [0.4, 0.5) is 5.82 Å². The SMILES string of the molecule is CNc1nc(-c2cc(Br)ccc2Cl)nc2c1CCCCC2. The van der Waals surface area contributed by atoms with Crippen LogP contribution in [-0.4, -0.2) is 17.0 Å². The standard InChI is InChI=1S/C16H17BrClN3/c1-19-15-11-5-3-2-4-6-14(11)20-16(21-15)12-9-10(17)7-8-13(12)18/h7-9H,2-6H2,1H3,(H,19,20,21). The lowest BCUT2D eigenvalue weighted by molar-refractivity contribution is 0.709. The molecule has 3 nitrogen and oxygen atoms in total. The molecule has 1 aromatic heterocycles. The molecule has 1 aliphatic rings. The summed E-state index contributed by atoms with van der Waals surface area (Å²) >= 11 is 9.81. The number of anilines is 1. The van der Waals surface area contributed by atoms with Gasteiger partial charge in [-0.25, -0.2) is 9.97 Å². The van der Waals surface area contributed by atoms with Crippen molar-refractivity contribution in [1.29, 1.82) is 0 Å². The monoisotopic (exact) mass is 365 g/mol. The molecule has 1 aliphatic carbocycles. The van der Waals surface area contributed by atoms with Crippen LogP contribution in [0.1, 0.15) is 30.5 Å². The summed E-state index contributed by atoms with van der Waals surface area (Å²) in [6.07, 6.45) is 5.73. The maximum atomic E-state index is 6.32. The normalized spacial score (nSPS) is 14.4. The minimum atomic E-state index is 0.675. The Bertz CT molecular complexity index is 673. The summed E-state index contributed by atoms with van der Waals surface area (Å²) in [5, 5.41) is 3.90. The van der Waals surface area contributed by atoms with E-state index in [2.05, 4.69) is 21.2 Å². The quantitative estimate of drug-likeness (QED) is 0.770. The fourth-order valence-electron chi connectivity index (χ4n) is 2.77. The van der Waals surface area contributed by atoms with E-state index in [0.717, 1.165) is 34.4 Å². The molecule has 0 amide bonds. The van der Waals surface area contributed by atoms with Crippen molar-refractivity contribution >= 4 is 33.3 Å². The number of aryl methyl sites for hydroxylation is 1. The molecule has 1 aromatic carbocycles. The Labute approximate surface area is 138 Å². The fourth-order valence-corrected chi connectivity index (χ4v) is 3.33. The van der Waals surface area contributed by atoms with Gasteiger partial charge in [-0.15, -0.1) is 0 Å². The minimum Gasteiger partial charge on any atom is -0.373 e. The first kappa shape index (κ1) is 14.8. The maximum absolute atomic E-state index is 6.32. The Balaban J connectivity index is 2.15. The lowest BCUT2D eigenvalue weighted by Gasteiger charge is -2.13.